The second-order valence-electron chi connectivity index (χ2n) is 10.2. The number of carbonyl (C=O) groups is 1. The first-order valence-electron chi connectivity index (χ1n) is 13.4. The van der Waals surface area contributed by atoms with Crippen LogP contribution in [-0.4, -0.2) is 60.2 Å². The highest BCUT2D eigenvalue weighted by atomic mass is 16.5. The summed E-state index contributed by atoms with van der Waals surface area (Å²) < 4.78 is 11.5. The Morgan fingerprint density at radius 3 is 2.53 bits per heavy atom. The van der Waals surface area contributed by atoms with Gasteiger partial charge in [-0.1, -0.05) is 12.1 Å². The molecule has 0 atom stereocenters. The summed E-state index contributed by atoms with van der Waals surface area (Å²) in [6, 6.07) is 16.4. The minimum atomic E-state index is -0.377. The molecule has 0 radical (unpaired) electrons. The molecule has 1 aliphatic heterocycles. The minimum absolute atomic E-state index is 0.203. The molecule has 0 bridgehead atoms. The molecular formula is C31H36N4O3. The number of aromatic amines is 1. The van der Waals surface area contributed by atoms with Gasteiger partial charge in [0.05, 0.1) is 17.4 Å². The molecule has 7 heteroatoms. The van der Waals surface area contributed by atoms with E-state index in [0.29, 0.717) is 17.8 Å². The number of hydrogen-bond donors (Lipinski definition) is 2. The van der Waals surface area contributed by atoms with Crippen molar-refractivity contribution < 1.29 is 14.3 Å². The van der Waals surface area contributed by atoms with Gasteiger partial charge in [0, 0.05) is 36.4 Å². The van der Waals surface area contributed by atoms with Crippen molar-refractivity contribution in [3.05, 3.63) is 65.9 Å². The predicted octanol–water partition coefficient (Wildman–Crippen LogP) is 6.29. The number of pyridine rings is 1. The molecule has 198 valence electrons. The molecule has 2 aromatic heterocycles. The molecule has 0 amide bonds. The summed E-state index contributed by atoms with van der Waals surface area (Å²) in [7, 11) is 1.92. The molecule has 3 heterocycles. The average molecular weight is 513 g/mol. The van der Waals surface area contributed by atoms with Crippen molar-refractivity contribution in [3.63, 3.8) is 0 Å². The summed E-state index contributed by atoms with van der Waals surface area (Å²) in [5, 5.41) is 4.15. The van der Waals surface area contributed by atoms with Gasteiger partial charge in [0.25, 0.3) is 0 Å². The Kier molecular flexibility index (Phi) is 7.65. The number of esters is 1. The molecule has 1 saturated heterocycles. The standard InChI is InChI=1S/C31H36N4O3/c1-20(2)38-31(36)24-17-26-28(23-8-7-21(3)27(18-23)32-4)29(34-30(26)33-19-24)22-9-11-25(12-10-22)37-16-15-35-13-5-6-14-35/h7-12,17-20,32H,5-6,13-16H2,1-4H3,(H,33,34). The van der Waals surface area contributed by atoms with E-state index in [9.17, 15) is 4.79 Å². The highest BCUT2D eigenvalue weighted by Crippen LogP contribution is 2.40. The van der Waals surface area contributed by atoms with Crippen LogP contribution in [0.1, 0.15) is 42.6 Å². The fraction of sp³-hybridized carbons (Fsp3) is 0.355. The second kappa shape index (κ2) is 11.3. The zero-order chi connectivity index (χ0) is 26.6. The number of hydrogen-bond acceptors (Lipinski definition) is 6. The number of fused-ring (bicyclic) bond motifs is 1. The average Bonchev–Trinajstić information content (AvgIpc) is 3.57. The Balaban J connectivity index is 1.51. The summed E-state index contributed by atoms with van der Waals surface area (Å²) in [4.78, 5) is 23.2. The lowest BCUT2D eigenvalue weighted by atomic mass is 9.97. The van der Waals surface area contributed by atoms with Crippen LogP contribution < -0.4 is 10.1 Å². The van der Waals surface area contributed by atoms with Gasteiger partial charge in [-0.3, -0.25) is 4.90 Å². The summed E-state index contributed by atoms with van der Waals surface area (Å²) in [6.07, 6.45) is 3.94. The van der Waals surface area contributed by atoms with Crippen molar-refractivity contribution in [2.24, 2.45) is 0 Å². The van der Waals surface area contributed by atoms with Crippen molar-refractivity contribution in [3.8, 4) is 28.1 Å². The van der Waals surface area contributed by atoms with Gasteiger partial charge < -0.3 is 19.8 Å². The zero-order valence-corrected chi connectivity index (χ0v) is 22.6. The van der Waals surface area contributed by atoms with E-state index in [1.165, 1.54) is 25.9 Å². The van der Waals surface area contributed by atoms with E-state index in [-0.39, 0.29) is 12.1 Å². The second-order valence-corrected chi connectivity index (χ2v) is 10.2. The third kappa shape index (κ3) is 5.53. The SMILES string of the molecule is CNc1cc(-c2c(-c3ccc(OCCN4CCCC4)cc3)[nH]c3ncc(C(=O)OC(C)C)cc23)ccc1C. The normalized spacial score (nSPS) is 13.8. The summed E-state index contributed by atoms with van der Waals surface area (Å²) in [5.41, 5.74) is 7.34. The van der Waals surface area contributed by atoms with E-state index < -0.39 is 0 Å². The van der Waals surface area contributed by atoms with E-state index in [4.69, 9.17) is 9.47 Å². The Morgan fingerprint density at radius 1 is 1.08 bits per heavy atom. The molecule has 5 rings (SSSR count). The van der Waals surface area contributed by atoms with Crippen LogP contribution in [0.2, 0.25) is 0 Å². The third-order valence-electron chi connectivity index (χ3n) is 7.04. The van der Waals surface area contributed by atoms with Crippen molar-refractivity contribution in [1.29, 1.82) is 0 Å². The van der Waals surface area contributed by atoms with Crippen molar-refractivity contribution in [2.75, 3.05) is 38.6 Å². The number of H-pyrrole nitrogens is 1. The van der Waals surface area contributed by atoms with Crippen molar-refractivity contribution >= 4 is 22.7 Å². The quantitative estimate of drug-likeness (QED) is 0.257. The number of carbonyl (C=O) groups excluding carboxylic acids is 1. The maximum atomic E-state index is 12.7. The number of benzene rings is 2. The molecular weight excluding hydrogens is 476 g/mol. The number of rotatable bonds is 9. The fourth-order valence-corrected chi connectivity index (χ4v) is 5.04. The van der Waals surface area contributed by atoms with Crippen LogP contribution in [0.15, 0.2) is 54.7 Å². The molecule has 4 aromatic rings. The molecule has 1 aliphatic rings. The number of nitrogens with zero attached hydrogens (tertiary/aromatic N) is 2. The maximum Gasteiger partial charge on any atom is 0.339 e. The van der Waals surface area contributed by atoms with Crippen LogP contribution in [0, 0.1) is 6.92 Å². The number of aromatic nitrogens is 2. The van der Waals surface area contributed by atoms with Gasteiger partial charge in [-0.25, -0.2) is 9.78 Å². The molecule has 2 aromatic carbocycles. The van der Waals surface area contributed by atoms with Gasteiger partial charge >= 0.3 is 5.97 Å². The summed E-state index contributed by atoms with van der Waals surface area (Å²) in [6.45, 7) is 9.75. The highest BCUT2D eigenvalue weighted by molar-refractivity contribution is 6.05. The summed E-state index contributed by atoms with van der Waals surface area (Å²) >= 11 is 0. The molecule has 0 saturated carbocycles. The van der Waals surface area contributed by atoms with E-state index in [0.717, 1.165) is 51.3 Å². The number of likely N-dealkylation sites (tertiary alicyclic amines) is 1. The van der Waals surface area contributed by atoms with Crippen LogP contribution in [0.3, 0.4) is 0 Å². The monoisotopic (exact) mass is 512 g/mol. The number of nitrogens with one attached hydrogen (secondary N) is 2. The Morgan fingerprint density at radius 2 is 1.82 bits per heavy atom. The summed E-state index contributed by atoms with van der Waals surface area (Å²) in [5.74, 6) is 0.480. The largest absolute Gasteiger partial charge is 0.492 e. The minimum Gasteiger partial charge on any atom is -0.492 e. The van der Waals surface area contributed by atoms with Crippen molar-refractivity contribution in [1.82, 2.24) is 14.9 Å². The molecule has 2 N–H and O–H groups in total. The number of ether oxygens (including phenoxy) is 2. The molecule has 38 heavy (non-hydrogen) atoms. The third-order valence-corrected chi connectivity index (χ3v) is 7.04. The topological polar surface area (TPSA) is 79.5 Å². The first-order chi connectivity index (χ1) is 18.4. The van der Waals surface area contributed by atoms with E-state index in [1.54, 1.807) is 6.20 Å². The molecule has 7 nitrogen and oxygen atoms in total. The van der Waals surface area contributed by atoms with Gasteiger partial charge in [-0.05, 0) is 99.8 Å². The predicted molar refractivity (Wildman–Crippen MR) is 153 cm³/mol. The lowest BCUT2D eigenvalue weighted by Gasteiger charge is -2.15. The Labute approximate surface area is 224 Å². The van der Waals surface area contributed by atoms with Gasteiger partial charge in [0.1, 0.15) is 18.0 Å². The van der Waals surface area contributed by atoms with Crippen LogP contribution in [0.4, 0.5) is 5.69 Å². The van der Waals surface area contributed by atoms with Gasteiger partial charge in [-0.15, -0.1) is 0 Å². The molecule has 1 fully saturated rings. The molecule has 0 unspecified atom stereocenters. The first kappa shape index (κ1) is 25.8. The lowest BCUT2D eigenvalue weighted by molar-refractivity contribution is 0.0377. The van der Waals surface area contributed by atoms with E-state index >= 15 is 0 Å². The van der Waals surface area contributed by atoms with E-state index in [1.807, 2.05) is 39.1 Å². The van der Waals surface area contributed by atoms with E-state index in [2.05, 4.69) is 57.4 Å². The van der Waals surface area contributed by atoms with Crippen molar-refractivity contribution in [2.45, 2.75) is 39.7 Å². The lowest BCUT2D eigenvalue weighted by Crippen LogP contribution is -2.25. The first-order valence-corrected chi connectivity index (χ1v) is 13.4. The Bertz CT molecular complexity index is 1420. The smallest absolute Gasteiger partial charge is 0.339 e. The van der Waals surface area contributed by atoms with Crippen LogP contribution in [-0.2, 0) is 4.74 Å². The molecule has 0 spiro atoms. The van der Waals surface area contributed by atoms with Gasteiger partial charge in [0.15, 0.2) is 0 Å². The zero-order valence-electron chi connectivity index (χ0n) is 22.6. The Hall–Kier alpha value is -3.84. The van der Waals surface area contributed by atoms with Crippen LogP contribution >= 0.6 is 0 Å². The van der Waals surface area contributed by atoms with Gasteiger partial charge in [0.2, 0.25) is 0 Å². The number of anilines is 1. The maximum absolute atomic E-state index is 12.7. The van der Waals surface area contributed by atoms with Crippen LogP contribution in [0.5, 0.6) is 5.75 Å². The fourth-order valence-electron chi connectivity index (χ4n) is 5.04. The number of aryl methyl sites for hydroxylation is 1. The van der Waals surface area contributed by atoms with Gasteiger partial charge in [-0.2, -0.15) is 0 Å². The highest BCUT2D eigenvalue weighted by Gasteiger charge is 2.20. The molecule has 0 aliphatic carbocycles. The van der Waals surface area contributed by atoms with Crippen LogP contribution in [0.25, 0.3) is 33.4 Å².